The first kappa shape index (κ1) is 15.8. The Kier molecular flexibility index (Phi) is 5.58. The van der Waals surface area contributed by atoms with Gasteiger partial charge in [0.05, 0.1) is 25.8 Å². The molecule has 7 heteroatoms. The molecule has 0 aliphatic carbocycles. The van der Waals surface area contributed by atoms with Crippen LogP contribution in [0, 0.1) is 5.92 Å². The Hall–Kier alpha value is -1.60. The first-order valence-corrected chi connectivity index (χ1v) is 7.88. The van der Waals surface area contributed by atoms with Crippen LogP contribution < -0.4 is 5.32 Å². The van der Waals surface area contributed by atoms with E-state index in [1.807, 2.05) is 24.4 Å². The Morgan fingerprint density at radius 2 is 2.33 bits per heavy atom. The van der Waals surface area contributed by atoms with Gasteiger partial charge in [-0.25, -0.2) is 4.79 Å². The molecule has 2 amide bonds. The first-order chi connectivity index (χ1) is 10.1. The van der Waals surface area contributed by atoms with E-state index in [0.717, 1.165) is 11.3 Å². The molecular weight excluding hydrogens is 292 g/mol. The van der Waals surface area contributed by atoms with Crippen molar-refractivity contribution in [3.8, 4) is 0 Å². The fourth-order valence-corrected chi connectivity index (χ4v) is 3.07. The summed E-state index contributed by atoms with van der Waals surface area (Å²) in [6, 6.07) is 3.26. The van der Waals surface area contributed by atoms with Gasteiger partial charge in [-0.2, -0.15) is 0 Å². The van der Waals surface area contributed by atoms with Crippen LogP contribution in [0.5, 0.6) is 0 Å². The second-order valence-corrected chi connectivity index (χ2v) is 6.01. The third-order valence-corrected chi connectivity index (χ3v) is 4.36. The number of amides is 2. The third-order valence-electron chi connectivity index (χ3n) is 3.49. The van der Waals surface area contributed by atoms with Crippen LogP contribution in [0.15, 0.2) is 17.5 Å². The lowest BCUT2D eigenvalue weighted by Crippen LogP contribution is -2.50. The van der Waals surface area contributed by atoms with Gasteiger partial charge in [0.15, 0.2) is 0 Å². The van der Waals surface area contributed by atoms with Gasteiger partial charge in [0.25, 0.3) is 0 Å². The van der Waals surface area contributed by atoms with Gasteiger partial charge in [0.1, 0.15) is 5.92 Å². The second-order valence-electron chi connectivity index (χ2n) is 4.98. The maximum atomic E-state index is 12.4. The number of ether oxygens (including phenoxy) is 1. The number of carboxylic acid groups (broad SMARTS) is 1. The quantitative estimate of drug-likeness (QED) is 0.839. The largest absolute Gasteiger partial charge is 0.481 e. The van der Waals surface area contributed by atoms with Gasteiger partial charge in [-0.15, -0.1) is 11.3 Å². The van der Waals surface area contributed by atoms with E-state index in [4.69, 9.17) is 4.74 Å². The van der Waals surface area contributed by atoms with Gasteiger partial charge in [-0.1, -0.05) is 13.0 Å². The number of hydrogen-bond acceptors (Lipinski definition) is 4. The number of rotatable bonds is 6. The van der Waals surface area contributed by atoms with Gasteiger partial charge < -0.3 is 20.1 Å². The van der Waals surface area contributed by atoms with E-state index in [0.29, 0.717) is 13.1 Å². The summed E-state index contributed by atoms with van der Waals surface area (Å²) in [6.45, 7) is 3.39. The SMILES string of the molecule is CCCN(C(=O)NCc1cccs1)C1COCC1C(=O)O. The topological polar surface area (TPSA) is 78.9 Å². The average Bonchev–Trinajstić information content (AvgIpc) is 3.12. The van der Waals surface area contributed by atoms with Crippen molar-refractivity contribution in [2.45, 2.75) is 25.9 Å². The molecule has 1 aromatic heterocycles. The molecule has 1 fully saturated rings. The van der Waals surface area contributed by atoms with Crippen molar-refractivity contribution in [2.24, 2.45) is 5.92 Å². The fraction of sp³-hybridized carbons (Fsp3) is 0.571. The predicted octanol–water partition coefficient (Wildman–Crippen LogP) is 1.77. The molecule has 116 valence electrons. The molecule has 2 N–H and O–H groups in total. The zero-order valence-electron chi connectivity index (χ0n) is 11.9. The summed E-state index contributed by atoms with van der Waals surface area (Å²) in [6.07, 6.45) is 0.773. The molecule has 6 nitrogen and oxygen atoms in total. The number of nitrogens with one attached hydrogen (secondary N) is 1. The predicted molar refractivity (Wildman–Crippen MR) is 79.3 cm³/mol. The lowest BCUT2D eigenvalue weighted by atomic mass is 10.0. The van der Waals surface area contributed by atoms with Crippen LogP contribution in [-0.4, -0.2) is 47.8 Å². The second kappa shape index (κ2) is 7.42. The summed E-state index contributed by atoms with van der Waals surface area (Å²) in [7, 11) is 0. The monoisotopic (exact) mass is 312 g/mol. The van der Waals surface area contributed by atoms with E-state index in [1.165, 1.54) is 0 Å². The maximum absolute atomic E-state index is 12.4. The summed E-state index contributed by atoms with van der Waals surface area (Å²) in [5.74, 6) is -1.56. The number of urea groups is 1. The Balaban J connectivity index is 1.99. The van der Waals surface area contributed by atoms with Crippen molar-refractivity contribution >= 4 is 23.3 Å². The summed E-state index contributed by atoms with van der Waals surface area (Å²) >= 11 is 1.58. The molecule has 0 saturated carbocycles. The van der Waals surface area contributed by atoms with Crippen LogP contribution in [0.25, 0.3) is 0 Å². The summed E-state index contributed by atoms with van der Waals surface area (Å²) in [5, 5.41) is 14.0. The molecule has 0 radical (unpaired) electrons. The number of aliphatic carboxylic acids is 1. The van der Waals surface area contributed by atoms with Crippen molar-refractivity contribution in [2.75, 3.05) is 19.8 Å². The summed E-state index contributed by atoms with van der Waals surface area (Å²) in [4.78, 5) is 26.3. The molecule has 2 atom stereocenters. The minimum absolute atomic E-state index is 0.165. The van der Waals surface area contributed by atoms with Gasteiger partial charge in [-0.3, -0.25) is 4.79 Å². The van der Waals surface area contributed by atoms with Crippen molar-refractivity contribution < 1.29 is 19.4 Å². The van der Waals surface area contributed by atoms with Gasteiger partial charge in [0, 0.05) is 11.4 Å². The van der Waals surface area contributed by atoms with Crippen LogP contribution >= 0.6 is 11.3 Å². The zero-order valence-corrected chi connectivity index (χ0v) is 12.8. The van der Waals surface area contributed by atoms with E-state index >= 15 is 0 Å². The minimum atomic E-state index is -0.912. The van der Waals surface area contributed by atoms with Crippen LogP contribution in [-0.2, 0) is 16.1 Å². The number of carbonyl (C=O) groups excluding carboxylic acids is 1. The van der Waals surface area contributed by atoms with Gasteiger partial charge in [-0.05, 0) is 17.9 Å². The van der Waals surface area contributed by atoms with Crippen molar-refractivity contribution in [1.82, 2.24) is 10.2 Å². The lowest BCUT2D eigenvalue weighted by Gasteiger charge is -2.30. The molecule has 2 unspecified atom stereocenters. The molecule has 0 spiro atoms. The van der Waals surface area contributed by atoms with Crippen LogP contribution in [0.1, 0.15) is 18.2 Å². The highest BCUT2D eigenvalue weighted by Gasteiger charge is 2.39. The van der Waals surface area contributed by atoms with Crippen molar-refractivity contribution in [1.29, 1.82) is 0 Å². The van der Waals surface area contributed by atoms with E-state index in [1.54, 1.807) is 16.2 Å². The highest BCUT2D eigenvalue weighted by Crippen LogP contribution is 2.21. The van der Waals surface area contributed by atoms with Gasteiger partial charge >= 0.3 is 12.0 Å². The van der Waals surface area contributed by atoms with Gasteiger partial charge in [0.2, 0.25) is 0 Å². The highest BCUT2D eigenvalue weighted by atomic mass is 32.1. The average molecular weight is 312 g/mol. The number of nitrogens with zero attached hydrogens (tertiary/aromatic N) is 1. The Bertz CT molecular complexity index is 477. The highest BCUT2D eigenvalue weighted by molar-refractivity contribution is 7.09. The third kappa shape index (κ3) is 3.95. The molecule has 0 aromatic carbocycles. The summed E-state index contributed by atoms with van der Waals surface area (Å²) in [5.41, 5.74) is 0. The summed E-state index contributed by atoms with van der Waals surface area (Å²) < 4.78 is 5.26. The van der Waals surface area contributed by atoms with E-state index in [2.05, 4.69) is 5.32 Å². The molecule has 1 aliphatic heterocycles. The Morgan fingerprint density at radius 3 is 2.95 bits per heavy atom. The number of carbonyl (C=O) groups is 2. The molecule has 1 saturated heterocycles. The van der Waals surface area contributed by atoms with Crippen molar-refractivity contribution in [3.63, 3.8) is 0 Å². The minimum Gasteiger partial charge on any atom is -0.481 e. The zero-order chi connectivity index (χ0) is 15.2. The molecule has 21 heavy (non-hydrogen) atoms. The van der Waals surface area contributed by atoms with Crippen LogP contribution in [0.4, 0.5) is 4.79 Å². The molecule has 0 bridgehead atoms. The number of thiophene rings is 1. The van der Waals surface area contributed by atoms with Crippen molar-refractivity contribution in [3.05, 3.63) is 22.4 Å². The molecule has 1 aromatic rings. The molecule has 2 heterocycles. The van der Waals surface area contributed by atoms with Crippen LogP contribution in [0.3, 0.4) is 0 Å². The van der Waals surface area contributed by atoms with Crippen LogP contribution in [0.2, 0.25) is 0 Å². The first-order valence-electron chi connectivity index (χ1n) is 7.01. The molecule has 1 aliphatic rings. The Labute approximate surface area is 127 Å². The van der Waals surface area contributed by atoms with E-state index in [-0.39, 0.29) is 19.2 Å². The van der Waals surface area contributed by atoms with E-state index in [9.17, 15) is 14.7 Å². The molecule has 2 rings (SSSR count). The standard InChI is InChI=1S/C14H20N2O4S/c1-2-5-16(12-9-20-8-11(12)13(17)18)14(19)15-7-10-4-3-6-21-10/h3-4,6,11-12H,2,5,7-9H2,1H3,(H,15,19)(H,17,18). The van der Waals surface area contributed by atoms with E-state index < -0.39 is 17.9 Å². The molecular formula is C14H20N2O4S. The Morgan fingerprint density at radius 1 is 1.52 bits per heavy atom. The number of hydrogen-bond donors (Lipinski definition) is 2. The fourth-order valence-electron chi connectivity index (χ4n) is 2.42. The number of carboxylic acids is 1. The smallest absolute Gasteiger partial charge is 0.318 e. The normalized spacial score (nSPS) is 21.2. The maximum Gasteiger partial charge on any atom is 0.318 e. The lowest BCUT2D eigenvalue weighted by molar-refractivity contribution is -0.142.